The van der Waals surface area contributed by atoms with E-state index in [0.717, 1.165) is 5.57 Å². The van der Waals surface area contributed by atoms with Crippen LogP contribution < -0.4 is 0 Å². The first kappa shape index (κ1) is 14.3. The minimum Gasteiger partial charge on any atom is -0.466 e. The van der Waals surface area contributed by atoms with E-state index in [2.05, 4.69) is 23.0 Å². The van der Waals surface area contributed by atoms with Crippen LogP contribution >= 0.6 is 0 Å². The van der Waals surface area contributed by atoms with E-state index in [9.17, 15) is 9.90 Å². The molecule has 0 aliphatic carbocycles. The molecular weight excluding hydrogens is 206 g/mol. The lowest BCUT2D eigenvalue weighted by molar-refractivity contribution is -0.137. The van der Waals surface area contributed by atoms with Gasteiger partial charge in [-0.2, -0.15) is 0 Å². The molecule has 1 unspecified atom stereocenters. The van der Waals surface area contributed by atoms with Crippen molar-refractivity contribution in [2.45, 2.75) is 19.4 Å². The van der Waals surface area contributed by atoms with Crippen LogP contribution in [0.25, 0.3) is 0 Å². The summed E-state index contributed by atoms with van der Waals surface area (Å²) in [4.78, 5) is 14.6. The average Bonchev–Trinajstić information content (AvgIpc) is 2.27. The molecule has 0 heterocycles. The highest BCUT2D eigenvalue weighted by Gasteiger charge is 2.15. The summed E-state index contributed by atoms with van der Waals surface area (Å²) in [6.07, 6.45) is 4.49. The molecule has 0 spiro atoms. The Balaban J connectivity index is 4.22. The van der Waals surface area contributed by atoms with Crippen molar-refractivity contribution in [3.8, 4) is 0 Å². The molecule has 0 rings (SSSR count). The van der Waals surface area contributed by atoms with Gasteiger partial charge in [-0.15, -0.1) is 0 Å². The zero-order chi connectivity index (χ0) is 12.6. The third-order valence-electron chi connectivity index (χ3n) is 1.88. The van der Waals surface area contributed by atoms with Gasteiger partial charge in [-0.05, 0) is 25.6 Å². The van der Waals surface area contributed by atoms with E-state index in [4.69, 9.17) is 0 Å². The summed E-state index contributed by atoms with van der Waals surface area (Å²) >= 11 is 0. The van der Waals surface area contributed by atoms with Crippen molar-refractivity contribution in [1.29, 1.82) is 0 Å². The van der Waals surface area contributed by atoms with E-state index < -0.39 is 12.1 Å². The Kier molecular flexibility index (Phi) is 6.79. The molecule has 1 atom stereocenters. The summed E-state index contributed by atoms with van der Waals surface area (Å²) in [5.41, 5.74) is 0.960. The fourth-order valence-electron chi connectivity index (χ4n) is 0.979. The first-order valence-corrected chi connectivity index (χ1v) is 4.77. The topological polar surface area (TPSA) is 58.9 Å². The van der Waals surface area contributed by atoms with Crippen LogP contribution in [0.4, 0.5) is 0 Å². The Hall–Kier alpha value is -1.68. The number of rotatable bonds is 6. The quantitative estimate of drug-likeness (QED) is 0.322. The van der Waals surface area contributed by atoms with Gasteiger partial charge < -0.3 is 9.84 Å². The molecule has 0 saturated heterocycles. The van der Waals surface area contributed by atoms with E-state index in [-0.39, 0.29) is 5.57 Å². The number of carbonyl (C=O) groups excluding carboxylic acids is 1. The Morgan fingerprint density at radius 3 is 2.75 bits per heavy atom. The number of hydrogen-bond acceptors (Lipinski definition) is 4. The lowest BCUT2D eigenvalue weighted by atomic mass is 10.1. The monoisotopic (exact) mass is 223 g/mol. The Morgan fingerprint density at radius 1 is 1.62 bits per heavy atom. The van der Waals surface area contributed by atoms with Crippen molar-refractivity contribution >= 4 is 12.7 Å². The number of ether oxygens (including phenoxy) is 1. The number of aliphatic imine (C=N–C) groups is 1. The van der Waals surface area contributed by atoms with Gasteiger partial charge in [-0.25, -0.2) is 4.79 Å². The number of aliphatic hydroxyl groups excluding tert-OH is 1. The molecule has 0 bridgehead atoms. The van der Waals surface area contributed by atoms with E-state index in [0.29, 0.717) is 6.42 Å². The fraction of sp³-hybridized carbons (Fsp3) is 0.333. The minimum absolute atomic E-state index is 0.0515. The first-order valence-electron chi connectivity index (χ1n) is 4.77. The predicted octanol–water partition coefficient (Wildman–Crippen LogP) is 1.63. The van der Waals surface area contributed by atoms with Crippen molar-refractivity contribution in [3.05, 3.63) is 36.1 Å². The van der Waals surface area contributed by atoms with Gasteiger partial charge in [-0.3, -0.25) is 4.99 Å². The standard InChI is InChI=1S/C12H17NO3/c1-9(8-13-3)6-5-7-11(14)10(2)12(15)16-4/h5-6,8,11,14H,2-3,7H2,1,4H3/b6-5-,9-8-. The molecule has 0 aliphatic rings. The van der Waals surface area contributed by atoms with Gasteiger partial charge in [0, 0.05) is 6.20 Å². The SMILES string of the molecule is C=N/C=C(C)\C=C/CC(O)C(=C)C(=O)OC. The van der Waals surface area contributed by atoms with Gasteiger partial charge in [0.05, 0.1) is 18.8 Å². The molecule has 4 nitrogen and oxygen atoms in total. The molecule has 0 radical (unpaired) electrons. The zero-order valence-corrected chi connectivity index (χ0v) is 9.64. The molecule has 0 aromatic carbocycles. The van der Waals surface area contributed by atoms with Crippen LogP contribution in [0, 0.1) is 0 Å². The van der Waals surface area contributed by atoms with Crippen molar-refractivity contribution in [2.24, 2.45) is 4.99 Å². The van der Waals surface area contributed by atoms with Gasteiger partial charge in [0.25, 0.3) is 0 Å². The summed E-state index contributed by atoms with van der Waals surface area (Å²) in [6.45, 7) is 8.63. The third-order valence-corrected chi connectivity index (χ3v) is 1.88. The Labute approximate surface area is 95.6 Å². The second-order valence-electron chi connectivity index (χ2n) is 3.23. The van der Waals surface area contributed by atoms with Crippen LogP contribution in [0.3, 0.4) is 0 Å². The van der Waals surface area contributed by atoms with Gasteiger partial charge in [0.2, 0.25) is 0 Å². The number of methoxy groups -OCH3 is 1. The number of carbonyl (C=O) groups is 1. The third kappa shape index (κ3) is 5.26. The van der Waals surface area contributed by atoms with Crippen LogP contribution in [-0.4, -0.2) is 31.0 Å². The van der Waals surface area contributed by atoms with E-state index in [1.807, 2.05) is 6.92 Å². The lowest BCUT2D eigenvalue weighted by Crippen LogP contribution is -2.17. The molecule has 0 aromatic heterocycles. The van der Waals surface area contributed by atoms with E-state index in [1.54, 1.807) is 18.4 Å². The number of hydrogen-bond donors (Lipinski definition) is 1. The Morgan fingerprint density at radius 2 is 2.25 bits per heavy atom. The minimum atomic E-state index is -0.923. The molecule has 1 N–H and O–H groups in total. The lowest BCUT2D eigenvalue weighted by Gasteiger charge is -2.08. The van der Waals surface area contributed by atoms with Gasteiger partial charge in [-0.1, -0.05) is 18.7 Å². The van der Waals surface area contributed by atoms with Crippen LogP contribution in [0.2, 0.25) is 0 Å². The van der Waals surface area contributed by atoms with Crippen LogP contribution in [-0.2, 0) is 9.53 Å². The highest BCUT2D eigenvalue weighted by atomic mass is 16.5. The van der Waals surface area contributed by atoms with Gasteiger partial charge >= 0.3 is 5.97 Å². The molecule has 88 valence electrons. The predicted molar refractivity (Wildman–Crippen MR) is 64.2 cm³/mol. The second-order valence-corrected chi connectivity index (χ2v) is 3.23. The van der Waals surface area contributed by atoms with E-state index >= 15 is 0 Å². The summed E-state index contributed by atoms with van der Waals surface area (Å²) in [6, 6.07) is 0. The Bertz CT molecular complexity index is 329. The molecule has 0 fully saturated rings. The number of aliphatic hydroxyl groups is 1. The number of nitrogens with zero attached hydrogens (tertiary/aromatic N) is 1. The maximum atomic E-state index is 11.0. The highest BCUT2D eigenvalue weighted by molar-refractivity contribution is 5.88. The van der Waals surface area contributed by atoms with Gasteiger partial charge in [0.15, 0.2) is 0 Å². The fourth-order valence-corrected chi connectivity index (χ4v) is 0.979. The van der Waals surface area contributed by atoms with E-state index in [1.165, 1.54) is 7.11 Å². The summed E-state index contributed by atoms with van der Waals surface area (Å²) in [5, 5.41) is 9.56. The summed E-state index contributed by atoms with van der Waals surface area (Å²) in [5.74, 6) is -0.596. The van der Waals surface area contributed by atoms with Crippen LogP contribution in [0.5, 0.6) is 0 Å². The molecular formula is C12H17NO3. The largest absolute Gasteiger partial charge is 0.466 e. The first-order chi connectivity index (χ1) is 7.52. The van der Waals surface area contributed by atoms with Crippen molar-refractivity contribution in [3.63, 3.8) is 0 Å². The highest BCUT2D eigenvalue weighted by Crippen LogP contribution is 2.07. The van der Waals surface area contributed by atoms with Crippen molar-refractivity contribution in [1.82, 2.24) is 0 Å². The normalized spacial score (nSPS) is 13.6. The number of esters is 1. The maximum absolute atomic E-state index is 11.0. The molecule has 0 saturated carbocycles. The average molecular weight is 223 g/mol. The smallest absolute Gasteiger partial charge is 0.335 e. The maximum Gasteiger partial charge on any atom is 0.335 e. The van der Waals surface area contributed by atoms with Crippen LogP contribution in [0.15, 0.2) is 41.1 Å². The molecule has 0 amide bonds. The zero-order valence-electron chi connectivity index (χ0n) is 9.64. The molecule has 4 heteroatoms. The van der Waals surface area contributed by atoms with Gasteiger partial charge in [0.1, 0.15) is 0 Å². The second kappa shape index (κ2) is 7.59. The summed E-state index contributed by atoms with van der Waals surface area (Å²) in [7, 11) is 1.25. The summed E-state index contributed by atoms with van der Waals surface area (Å²) < 4.78 is 4.44. The van der Waals surface area contributed by atoms with Crippen molar-refractivity contribution < 1.29 is 14.6 Å². The van der Waals surface area contributed by atoms with Crippen molar-refractivity contribution in [2.75, 3.05) is 7.11 Å². The number of allylic oxidation sites excluding steroid dienone is 2. The molecule has 0 aromatic rings. The van der Waals surface area contributed by atoms with Crippen LogP contribution in [0.1, 0.15) is 13.3 Å². The molecule has 16 heavy (non-hydrogen) atoms. The molecule has 0 aliphatic heterocycles.